The molecule has 1 N–H and O–H groups in total. The quantitative estimate of drug-likeness (QED) is 0.608. The Morgan fingerprint density at radius 1 is 1.33 bits per heavy atom. The summed E-state index contributed by atoms with van der Waals surface area (Å²) in [6.07, 6.45) is 0. The van der Waals surface area contributed by atoms with Gasteiger partial charge in [0.05, 0.1) is 0 Å². The topological polar surface area (TPSA) is 12.0 Å². The summed E-state index contributed by atoms with van der Waals surface area (Å²) < 4.78 is 1.19. The second-order valence-electron chi connectivity index (χ2n) is 2.38. The van der Waals surface area contributed by atoms with Crippen molar-refractivity contribution in [2.24, 2.45) is 0 Å². The molecule has 9 heavy (non-hydrogen) atoms. The SMILES string of the molecule is CC(C)NC(C)CI.Cl. The summed E-state index contributed by atoms with van der Waals surface area (Å²) in [4.78, 5) is 0. The predicted octanol–water partition coefficient (Wildman–Crippen LogP) is 2.23. The maximum atomic E-state index is 3.38. The summed E-state index contributed by atoms with van der Waals surface area (Å²) in [7, 11) is 0. The average Bonchev–Trinajstić information content (AvgIpc) is 1.65. The number of hydrogen-bond acceptors (Lipinski definition) is 1. The molecule has 0 amide bonds. The van der Waals surface area contributed by atoms with E-state index in [0.29, 0.717) is 12.1 Å². The van der Waals surface area contributed by atoms with Gasteiger partial charge in [-0.25, -0.2) is 0 Å². The Bertz CT molecular complexity index is 59.0. The van der Waals surface area contributed by atoms with E-state index in [-0.39, 0.29) is 12.4 Å². The summed E-state index contributed by atoms with van der Waals surface area (Å²) in [5, 5.41) is 3.38. The summed E-state index contributed by atoms with van der Waals surface area (Å²) in [6.45, 7) is 6.54. The van der Waals surface area contributed by atoms with Gasteiger partial charge in [-0.3, -0.25) is 0 Å². The fourth-order valence-electron chi connectivity index (χ4n) is 0.614. The Balaban J connectivity index is 0. The summed E-state index contributed by atoms with van der Waals surface area (Å²) >= 11 is 2.38. The summed E-state index contributed by atoms with van der Waals surface area (Å²) in [6, 6.07) is 1.29. The van der Waals surface area contributed by atoms with Gasteiger partial charge in [0.2, 0.25) is 0 Å². The third-order valence-corrected chi connectivity index (χ3v) is 2.17. The van der Waals surface area contributed by atoms with Crippen molar-refractivity contribution in [3.8, 4) is 0 Å². The molecule has 0 aromatic rings. The van der Waals surface area contributed by atoms with Crippen LogP contribution in [0, 0.1) is 0 Å². The highest BCUT2D eigenvalue weighted by molar-refractivity contribution is 14.1. The molecular formula is C6H15ClIN. The lowest BCUT2D eigenvalue weighted by atomic mass is 10.3. The van der Waals surface area contributed by atoms with E-state index in [2.05, 4.69) is 48.7 Å². The summed E-state index contributed by atoms with van der Waals surface area (Å²) in [5.74, 6) is 0. The molecule has 0 saturated heterocycles. The largest absolute Gasteiger partial charge is 0.311 e. The van der Waals surface area contributed by atoms with Crippen molar-refractivity contribution in [1.82, 2.24) is 5.32 Å². The van der Waals surface area contributed by atoms with Crippen LogP contribution in [-0.4, -0.2) is 16.5 Å². The maximum absolute atomic E-state index is 3.38. The van der Waals surface area contributed by atoms with E-state index in [0.717, 1.165) is 0 Å². The van der Waals surface area contributed by atoms with E-state index >= 15 is 0 Å². The van der Waals surface area contributed by atoms with Crippen LogP contribution in [0.2, 0.25) is 0 Å². The van der Waals surface area contributed by atoms with Crippen molar-refractivity contribution in [2.75, 3.05) is 4.43 Å². The zero-order valence-corrected chi connectivity index (χ0v) is 9.12. The molecule has 0 fully saturated rings. The lowest BCUT2D eigenvalue weighted by molar-refractivity contribution is 0.527. The van der Waals surface area contributed by atoms with E-state index in [1.807, 2.05) is 0 Å². The molecule has 0 heterocycles. The minimum atomic E-state index is 0. The number of halogens is 2. The first-order valence-electron chi connectivity index (χ1n) is 2.98. The average molecular weight is 264 g/mol. The monoisotopic (exact) mass is 263 g/mol. The van der Waals surface area contributed by atoms with Crippen LogP contribution in [0.25, 0.3) is 0 Å². The summed E-state index contributed by atoms with van der Waals surface area (Å²) in [5.41, 5.74) is 0. The van der Waals surface area contributed by atoms with Gasteiger partial charge in [-0.2, -0.15) is 0 Å². The molecule has 0 aliphatic carbocycles. The molecule has 0 rings (SSSR count). The first-order chi connectivity index (χ1) is 3.66. The highest BCUT2D eigenvalue weighted by atomic mass is 127. The molecule has 0 aromatic carbocycles. The van der Waals surface area contributed by atoms with Gasteiger partial charge in [0.1, 0.15) is 0 Å². The molecule has 58 valence electrons. The normalized spacial score (nSPS) is 13.0. The Kier molecular flexibility index (Phi) is 9.96. The van der Waals surface area contributed by atoms with Gasteiger partial charge in [-0.15, -0.1) is 12.4 Å². The molecule has 0 radical (unpaired) electrons. The zero-order chi connectivity index (χ0) is 6.57. The van der Waals surface area contributed by atoms with Crippen molar-refractivity contribution >= 4 is 35.0 Å². The zero-order valence-electron chi connectivity index (χ0n) is 6.15. The molecule has 1 atom stereocenters. The van der Waals surface area contributed by atoms with Crippen LogP contribution in [0.5, 0.6) is 0 Å². The minimum Gasteiger partial charge on any atom is -0.311 e. The fourth-order valence-corrected chi connectivity index (χ4v) is 0.868. The third kappa shape index (κ3) is 8.98. The number of nitrogens with one attached hydrogen (secondary N) is 1. The first kappa shape index (κ1) is 12.6. The Morgan fingerprint density at radius 2 is 1.78 bits per heavy atom. The van der Waals surface area contributed by atoms with Crippen LogP contribution in [0.3, 0.4) is 0 Å². The lowest BCUT2D eigenvalue weighted by Crippen LogP contribution is -2.33. The standard InChI is InChI=1S/C6H14IN.ClH/c1-5(2)8-6(3)4-7;/h5-6,8H,4H2,1-3H3;1H. The van der Waals surface area contributed by atoms with Crippen molar-refractivity contribution in [1.29, 1.82) is 0 Å². The molecule has 0 aliphatic heterocycles. The molecule has 1 nitrogen and oxygen atoms in total. The van der Waals surface area contributed by atoms with Gasteiger partial charge in [-0.1, -0.05) is 36.4 Å². The molecule has 0 aliphatic rings. The Morgan fingerprint density at radius 3 is 1.89 bits per heavy atom. The van der Waals surface area contributed by atoms with Crippen LogP contribution in [0.15, 0.2) is 0 Å². The smallest absolute Gasteiger partial charge is 0.0147 e. The van der Waals surface area contributed by atoms with Crippen molar-refractivity contribution in [2.45, 2.75) is 32.9 Å². The molecule has 0 spiro atoms. The fraction of sp³-hybridized carbons (Fsp3) is 1.00. The number of rotatable bonds is 3. The molecule has 1 unspecified atom stereocenters. The van der Waals surface area contributed by atoms with E-state index in [1.165, 1.54) is 4.43 Å². The van der Waals surface area contributed by atoms with Crippen molar-refractivity contribution in [3.63, 3.8) is 0 Å². The highest BCUT2D eigenvalue weighted by Crippen LogP contribution is 1.90. The van der Waals surface area contributed by atoms with Gasteiger partial charge >= 0.3 is 0 Å². The van der Waals surface area contributed by atoms with E-state index in [9.17, 15) is 0 Å². The Hall–Kier alpha value is 0.980. The molecular weight excluding hydrogens is 248 g/mol. The van der Waals surface area contributed by atoms with Crippen LogP contribution < -0.4 is 5.32 Å². The number of alkyl halides is 1. The van der Waals surface area contributed by atoms with Crippen LogP contribution in [0.4, 0.5) is 0 Å². The Labute approximate surface area is 77.5 Å². The third-order valence-electron chi connectivity index (χ3n) is 0.849. The van der Waals surface area contributed by atoms with Gasteiger partial charge in [-0.05, 0) is 6.92 Å². The number of hydrogen-bond donors (Lipinski definition) is 1. The van der Waals surface area contributed by atoms with Crippen LogP contribution >= 0.6 is 35.0 Å². The van der Waals surface area contributed by atoms with Gasteiger partial charge < -0.3 is 5.32 Å². The van der Waals surface area contributed by atoms with Gasteiger partial charge in [0.25, 0.3) is 0 Å². The second kappa shape index (κ2) is 7.09. The highest BCUT2D eigenvalue weighted by Gasteiger charge is 1.98. The second-order valence-corrected chi connectivity index (χ2v) is 3.26. The van der Waals surface area contributed by atoms with E-state index in [4.69, 9.17) is 0 Å². The van der Waals surface area contributed by atoms with Crippen molar-refractivity contribution in [3.05, 3.63) is 0 Å². The first-order valence-corrected chi connectivity index (χ1v) is 4.51. The van der Waals surface area contributed by atoms with Crippen LogP contribution in [0.1, 0.15) is 20.8 Å². The van der Waals surface area contributed by atoms with Crippen molar-refractivity contribution < 1.29 is 0 Å². The van der Waals surface area contributed by atoms with Gasteiger partial charge in [0, 0.05) is 16.5 Å². The van der Waals surface area contributed by atoms with E-state index in [1.54, 1.807) is 0 Å². The van der Waals surface area contributed by atoms with E-state index < -0.39 is 0 Å². The minimum absolute atomic E-state index is 0. The maximum Gasteiger partial charge on any atom is 0.0147 e. The lowest BCUT2D eigenvalue weighted by Gasteiger charge is -2.12. The van der Waals surface area contributed by atoms with Crippen LogP contribution in [-0.2, 0) is 0 Å². The predicted molar refractivity (Wildman–Crippen MR) is 53.9 cm³/mol. The van der Waals surface area contributed by atoms with Gasteiger partial charge in [0.15, 0.2) is 0 Å². The molecule has 0 aromatic heterocycles. The molecule has 0 saturated carbocycles. The molecule has 3 heteroatoms. The molecule has 0 bridgehead atoms.